The summed E-state index contributed by atoms with van der Waals surface area (Å²) in [6, 6.07) is 0. The molecule has 0 aromatic carbocycles. The van der Waals surface area contributed by atoms with Gasteiger partial charge in [0.25, 0.3) is 0 Å². The molecule has 11 nitrogen and oxygen atoms in total. The first-order valence-corrected chi connectivity index (χ1v) is 8.82. The van der Waals surface area contributed by atoms with E-state index in [1.807, 2.05) is 0 Å². The molecular formula is C17H28N4O7. The van der Waals surface area contributed by atoms with Gasteiger partial charge >= 0.3 is 17.9 Å². The third-order valence-corrected chi connectivity index (χ3v) is 3.84. The van der Waals surface area contributed by atoms with E-state index < -0.39 is 24.0 Å². The zero-order chi connectivity index (χ0) is 21.1. The minimum Gasteiger partial charge on any atom is -0.480 e. The Morgan fingerprint density at radius 2 is 1.00 bits per heavy atom. The lowest BCUT2D eigenvalue weighted by Gasteiger charge is -2.30. The number of aliphatic carboxylic acids is 3. The van der Waals surface area contributed by atoms with Crippen LogP contribution in [0.1, 0.15) is 6.92 Å². The summed E-state index contributed by atoms with van der Waals surface area (Å²) in [5.41, 5.74) is 0. The summed E-state index contributed by atoms with van der Waals surface area (Å²) in [6.45, 7) is 2.31. The molecule has 0 radical (unpaired) electrons. The Hall–Kier alpha value is -2.95. The number of carbonyl (C=O) groups is 3. The zero-order valence-electron chi connectivity index (χ0n) is 15.8. The van der Waals surface area contributed by atoms with Crippen LogP contribution in [0.5, 0.6) is 0 Å². The predicted octanol–water partition coefficient (Wildman–Crippen LogP) is -1.21. The SMILES string of the molecule is C[C@@H](O)CN1/C=C\N(CC(=O)O)CCN(CC(=O)O)/C=C/N(CC(=O)O)CC1. The second-order valence-electron chi connectivity index (χ2n) is 6.53. The van der Waals surface area contributed by atoms with Crippen molar-refractivity contribution in [2.75, 3.05) is 52.4 Å². The normalized spacial score (nSPS) is 19.4. The van der Waals surface area contributed by atoms with E-state index in [1.54, 1.807) is 24.2 Å². The highest BCUT2D eigenvalue weighted by atomic mass is 16.4. The number of aliphatic hydroxyl groups is 1. The molecule has 28 heavy (non-hydrogen) atoms. The Balaban J connectivity index is 3.05. The number of β-amino-alcohol motifs (C(OH)–C–C–N with tert-alkyl or cyclic N) is 1. The van der Waals surface area contributed by atoms with Crippen LogP contribution in [0.2, 0.25) is 0 Å². The van der Waals surface area contributed by atoms with Gasteiger partial charge in [-0.1, -0.05) is 0 Å². The fourth-order valence-electron chi connectivity index (χ4n) is 2.60. The molecule has 0 fully saturated rings. The van der Waals surface area contributed by atoms with Crippen molar-refractivity contribution in [1.82, 2.24) is 19.6 Å². The molecule has 1 rings (SSSR count). The maximum absolute atomic E-state index is 11.1. The highest BCUT2D eigenvalue weighted by molar-refractivity contribution is 5.70. The lowest BCUT2D eigenvalue weighted by molar-refractivity contribution is -0.139. The molecule has 0 spiro atoms. The van der Waals surface area contributed by atoms with Crippen molar-refractivity contribution in [3.63, 3.8) is 0 Å². The topological polar surface area (TPSA) is 145 Å². The Bertz CT molecular complexity index is 594. The standard InChI is InChI=1S/C17H28N4O7/c1-14(22)10-18-2-4-19(11-15(23)24)6-8-21(13-17(27)28)9-7-20(5-3-18)12-16(25)26/h2,4,7,9,14,22H,3,5-6,8,10-13H2,1H3,(H,23,24)(H,25,26)(H,27,28)/b4-2-,9-7+/t14-/m1/s1. The van der Waals surface area contributed by atoms with Crippen LogP contribution in [0.25, 0.3) is 0 Å². The summed E-state index contributed by atoms with van der Waals surface area (Å²) in [6.07, 6.45) is 5.63. The second-order valence-corrected chi connectivity index (χ2v) is 6.53. The van der Waals surface area contributed by atoms with Gasteiger partial charge in [-0.3, -0.25) is 14.4 Å². The Morgan fingerprint density at radius 3 is 1.29 bits per heavy atom. The van der Waals surface area contributed by atoms with E-state index in [0.717, 1.165) is 0 Å². The van der Waals surface area contributed by atoms with Crippen molar-refractivity contribution in [2.45, 2.75) is 13.0 Å². The molecule has 0 amide bonds. The number of hydrogen-bond acceptors (Lipinski definition) is 8. The minimum absolute atomic E-state index is 0.234. The van der Waals surface area contributed by atoms with Gasteiger partial charge in [-0.15, -0.1) is 0 Å². The Labute approximate surface area is 163 Å². The molecule has 0 bridgehead atoms. The molecule has 1 heterocycles. The molecule has 0 saturated carbocycles. The van der Waals surface area contributed by atoms with Crippen molar-refractivity contribution in [3.05, 3.63) is 24.8 Å². The molecular weight excluding hydrogens is 372 g/mol. The van der Waals surface area contributed by atoms with E-state index in [2.05, 4.69) is 0 Å². The van der Waals surface area contributed by atoms with Crippen molar-refractivity contribution < 1.29 is 34.8 Å². The van der Waals surface area contributed by atoms with E-state index in [0.29, 0.717) is 19.6 Å². The smallest absolute Gasteiger partial charge is 0.323 e. The van der Waals surface area contributed by atoms with Crippen LogP contribution >= 0.6 is 0 Å². The van der Waals surface area contributed by atoms with Crippen LogP contribution in [0.3, 0.4) is 0 Å². The fraction of sp³-hybridized carbons (Fsp3) is 0.588. The largest absolute Gasteiger partial charge is 0.480 e. The fourth-order valence-corrected chi connectivity index (χ4v) is 2.60. The second kappa shape index (κ2) is 11.7. The van der Waals surface area contributed by atoms with E-state index in [4.69, 9.17) is 15.3 Å². The van der Waals surface area contributed by atoms with Crippen molar-refractivity contribution >= 4 is 17.9 Å². The summed E-state index contributed by atoms with van der Waals surface area (Å²) in [5.74, 6) is -3.09. The maximum atomic E-state index is 11.1. The summed E-state index contributed by atoms with van der Waals surface area (Å²) in [5, 5.41) is 36.9. The molecule has 158 valence electrons. The van der Waals surface area contributed by atoms with Gasteiger partial charge in [-0.05, 0) is 6.92 Å². The first kappa shape index (κ1) is 23.1. The quantitative estimate of drug-likeness (QED) is 0.389. The van der Waals surface area contributed by atoms with E-state index >= 15 is 0 Å². The molecule has 0 aliphatic carbocycles. The van der Waals surface area contributed by atoms with Crippen LogP contribution in [-0.2, 0) is 14.4 Å². The summed E-state index contributed by atoms with van der Waals surface area (Å²) >= 11 is 0. The number of carboxylic acids is 3. The highest BCUT2D eigenvalue weighted by Crippen LogP contribution is 2.03. The van der Waals surface area contributed by atoms with Gasteiger partial charge in [0.2, 0.25) is 0 Å². The van der Waals surface area contributed by atoms with Crippen LogP contribution in [0.4, 0.5) is 0 Å². The first-order valence-electron chi connectivity index (χ1n) is 8.82. The maximum Gasteiger partial charge on any atom is 0.323 e. The van der Waals surface area contributed by atoms with Gasteiger partial charge in [0.15, 0.2) is 0 Å². The van der Waals surface area contributed by atoms with Gasteiger partial charge in [0.1, 0.15) is 19.6 Å². The van der Waals surface area contributed by atoms with Gasteiger partial charge in [-0.25, -0.2) is 0 Å². The van der Waals surface area contributed by atoms with E-state index in [9.17, 15) is 19.5 Å². The molecule has 0 saturated heterocycles. The predicted molar refractivity (Wildman–Crippen MR) is 99.2 cm³/mol. The molecule has 0 aromatic rings. The summed E-state index contributed by atoms with van der Waals surface area (Å²) in [4.78, 5) is 39.6. The molecule has 0 unspecified atom stereocenters. The van der Waals surface area contributed by atoms with Gasteiger partial charge in [-0.2, -0.15) is 0 Å². The zero-order valence-corrected chi connectivity index (χ0v) is 15.8. The average molecular weight is 400 g/mol. The lowest BCUT2D eigenvalue weighted by Crippen LogP contribution is -2.39. The monoisotopic (exact) mass is 400 g/mol. The minimum atomic E-state index is -1.05. The number of rotatable bonds is 8. The van der Waals surface area contributed by atoms with Gasteiger partial charge in [0, 0.05) is 57.5 Å². The average Bonchev–Trinajstić information content (AvgIpc) is 2.55. The van der Waals surface area contributed by atoms with Crippen molar-refractivity contribution in [2.24, 2.45) is 0 Å². The van der Waals surface area contributed by atoms with Gasteiger partial charge < -0.3 is 40.0 Å². The Kier molecular flexibility index (Phi) is 9.65. The number of carboxylic acid groups (broad SMARTS) is 3. The van der Waals surface area contributed by atoms with Crippen molar-refractivity contribution in [3.8, 4) is 0 Å². The molecule has 1 aliphatic heterocycles. The molecule has 1 aliphatic rings. The van der Waals surface area contributed by atoms with Crippen LogP contribution in [0, 0.1) is 0 Å². The number of hydrogen-bond donors (Lipinski definition) is 4. The molecule has 0 aromatic heterocycles. The Morgan fingerprint density at radius 1 is 0.714 bits per heavy atom. The van der Waals surface area contributed by atoms with Gasteiger partial charge in [0.05, 0.1) is 6.10 Å². The van der Waals surface area contributed by atoms with Crippen LogP contribution < -0.4 is 0 Å². The van der Waals surface area contributed by atoms with Crippen LogP contribution in [0.15, 0.2) is 24.8 Å². The summed E-state index contributed by atoms with van der Waals surface area (Å²) in [7, 11) is 0. The van der Waals surface area contributed by atoms with Crippen molar-refractivity contribution in [1.29, 1.82) is 0 Å². The van der Waals surface area contributed by atoms with E-state index in [1.165, 1.54) is 27.1 Å². The van der Waals surface area contributed by atoms with Crippen LogP contribution in [-0.4, -0.2) is 116 Å². The molecule has 4 N–H and O–H groups in total. The third kappa shape index (κ3) is 10.3. The van der Waals surface area contributed by atoms with E-state index in [-0.39, 0.29) is 32.7 Å². The summed E-state index contributed by atoms with van der Waals surface area (Å²) < 4.78 is 0. The molecule has 11 heteroatoms. The number of nitrogens with zero attached hydrogens (tertiary/aromatic N) is 4. The third-order valence-electron chi connectivity index (χ3n) is 3.84. The number of aliphatic hydroxyl groups excluding tert-OH is 1. The molecule has 1 atom stereocenters. The lowest BCUT2D eigenvalue weighted by atomic mass is 10.3. The highest BCUT2D eigenvalue weighted by Gasteiger charge is 2.14. The first-order chi connectivity index (χ1) is 13.2.